The van der Waals surface area contributed by atoms with Gasteiger partial charge in [0.1, 0.15) is 5.75 Å². The van der Waals surface area contributed by atoms with Gasteiger partial charge in [-0.3, -0.25) is 4.98 Å². The number of aromatic nitrogens is 1. The SMILES string of the molecule is NC1=NCC[C@]2(O1)c1cc(N)ccc1Oc1cnc(C3=CCOCC3)cc12. The highest BCUT2D eigenvalue weighted by Crippen LogP contribution is 2.52. The van der Waals surface area contributed by atoms with Crippen molar-refractivity contribution in [3.63, 3.8) is 0 Å². The highest BCUT2D eigenvalue weighted by molar-refractivity contribution is 5.75. The number of nitrogen functional groups attached to an aromatic ring is 1. The number of ether oxygens (including phenoxy) is 3. The molecule has 3 aliphatic rings. The first-order chi connectivity index (χ1) is 13.2. The molecular weight excluding hydrogens is 344 g/mol. The zero-order valence-corrected chi connectivity index (χ0v) is 14.8. The Hall–Kier alpha value is -3.06. The lowest BCUT2D eigenvalue weighted by Crippen LogP contribution is -2.42. The standard InChI is InChI=1S/C20H20N4O3/c21-13-1-2-17-14(9-13)20(5-6-23-19(22)27-20)15-10-16(24-11-18(15)26-17)12-3-7-25-8-4-12/h1-3,9-11H,4-8,21H2,(H2,22,23)/t20-/m0/s1. The minimum absolute atomic E-state index is 0.172. The molecule has 7 heteroatoms. The van der Waals surface area contributed by atoms with Crippen LogP contribution in [0.5, 0.6) is 11.5 Å². The van der Waals surface area contributed by atoms with Crippen molar-refractivity contribution in [2.75, 3.05) is 25.5 Å². The van der Waals surface area contributed by atoms with E-state index in [1.807, 2.05) is 24.3 Å². The van der Waals surface area contributed by atoms with Gasteiger partial charge in [-0.1, -0.05) is 6.08 Å². The third-order valence-corrected chi connectivity index (χ3v) is 5.26. The second-order valence-corrected chi connectivity index (χ2v) is 6.88. The lowest BCUT2D eigenvalue weighted by Gasteiger charge is -2.41. The zero-order valence-electron chi connectivity index (χ0n) is 14.8. The van der Waals surface area contributed by atoms with E-state index in [0.717, 1.165) is 28.8 Å². The van der Waals surface area contributed by atoms with Gasteiger partial charge in [0, 0.05) is 29.8 Å². The van der Waals surface area contributed by atoms with Gasteiger partial charge in [-0.15, -0.1) is 0 Å². The molecule has 3 aliphatic heterocycles. The summed E-state index contributed by atoms with van der Waals surface area (Å²) in [6.45, 7) is 1.86. The van der Waals surface area contributed by atoms with Gasteiger partial charge >= 0.3 is 0 Å². The highest BCUT2D eigenvalue weighted by Gasteiger charge is 2.47. The molecule has 0 unspecified atom stereocenters. The van der Waals surface area contributed by atoms with Crippen LogP contribution in [0.25, 0.3) is 5.57 Å². The lowest BCUT2D eigenvalue weighted by molar-refractivity contribution is 0.0635. The molecule has 1 aromatic carbocycles. The number of benzene rings is 1. The van der Waals surface area contributed by atoms with Crippen molar-refractivity contribution in [1.29, 1.82) is 0 Å². The summed E-state index contributed by atoms with van der Waals surface area (Å²) < 4.78 is 17.7. The van der Waals surface area contributed by atoms with Crippen molar-refractivity contribution in [2.45, 2.75) is 18.4 Å². The number of pyridine rings is 1. The Balaban J connectivity index is 1.71. The number of hydrogen-bond donors (Lipinski definition) is 2. The molecule has 27 heavy (non-hydrogen) atoms. The molecule has 7 nitrogen and oxygen atoms in total. The molecule has 0 amide bonds. The molecular formula is C20H20N4O3. The second kappa shape index (κ2) is 5.99. The number of hydrogen-bond acceptors (Lipinski definition) is 7. The van der Waals surface area contributed by atoms with Crippen molar-refractivity contribution in [1.82, 2.24) is 4.98 Å². The van der Waals surface area contributed by atoms with Crippen molar-refractivity contribution in [3.8, 4) is 11.5 Å². The molecule has 5 rings (SSSR count). The summed E-state index contributed by atoms with van der Waals surface area (Å²) in [6.07, 6.45) is 5.30. The van der Waals surface area contributed by atoms with Crippen LogP contribution in [0.3, 0.4) is 0 Å². The van der Waals surface area contributed by atoms with Gasteiger partial charge < -0.3 is 25.7 Å². The molecule has 0 aliphatic carbocycles. The third kappa shape index (κ3) is 2.54. The van der Waals surface area contributed by atoms with Crippen molar-refractivity contribution in [3.05, 3.63) is 53.4 Å². The van der Waals surface area contributed by atoms with Gasteiger partial charge in [-0.2, -0.15) is 0 Å². The van der Waals surface area contributed by atoms with Crippen LogP contribution in [-0.4, -0.2) is 30.8 Å². The van der Waals surface area contributed by atoms with Crippen LogP contribution in [0.4, 0.5) is 5.69 Å². The second-order valence-electron chi connectivity index (χ2n) is 6.88. The molecule has 1 aromatic heterocycles. The van der Waals surface area contributed by atoms with Gasteiger partial charge in [0.15, 0.2) is 11.4 Å². The molecule has 4 heterocycles. The molecule has 0 saturated heterocycles. The first-order valence-electron chi connectivity index (χ1n) is 9.00. The van der Waals surface area contributed by atoms with E-state index in [1.54, 1.807) is 6.20 Å². The summed E-state index contributed by atoms with van der Waals surface area (Å²) in [7, 11) is 0. The number of aliphatic imine (C=N–C) groups is 1. The molecule has 138 valence electrons. The van der Waals surface area contributed by atoms with Crippen LogP contribution in [0.1, 0.15) is 29.7 Å². The number of amidine groups is 1. The molecule has 4 N–H and O–H groups in total. The number of fused-ring (bicyclic) bond motifs is 4. The van der Waals surface area contributed by atoms with Crippen LogP contribution in [0, 0.1) is 0 Å². The van der Waals surface area contributed by atoms with E-state index >= 15 is 0 Å². The largest absolute Gasteiger partial charge is 0.455 e. The quantitative estimate of drug-likeness (QED) is 0.754. The average Bonchev–Trinajstić information content (AvgIpc) is 2.69. The highest BCUT2D eigenvalue weighted by atomic mass is 16.5. The first kappa shape index (κ1) is 16.1. The minimum Gasteiger partial charge on any atom is -0.455 e. The summed E-state index contributed by atoms with van der Waals surface area (Å²) in [5, 5.41) is 0. The Bertz CT molecular complexity index is 985. The van der Waals surface area contributed by atoms with E-state index in [4.69, 9.17) is 25.7 Å². The Labute approximate surface area is 156 Å². The van der Waals surface area contributed by atoms with Crippen LogP contribution in [0.2, 0.25) is 0 Å². The van der Waals surface area contributed by atoms with Gasteiger partial charge in [-0.25, -0.2) is 4.99 Å². The van der Waals surface area contributed by atoms with Crippen molar-refractivity contribution < 1.29 is 14.2 Å². The van der Waals surface area contributed by atoms with Crippen LogP contribution >= 0.6 is 0 Å². The number of nitrogens with zero attached hydrogens (tertiary/aromatic N) is 2. The fourth-order valence-corrected chi connectivity index (χ4v) is 3.96. The Morgan fingerprint density at radius 1 is 1.07 bits per heavy atom. The molecule has 0 radical (unpaired) electrons. The average molecular weight is 364 g/mol. The van der Waals surface area contributed by atoms with Gasteiger partial charge in [-0.05, 0) is 36.3 Å². The predicted molar refractivity (Wildman–Crippen MR) is 102 cm³/mol. The maximum Gasteiger partial charge on any atom is 0.283 e. The molecule has 0 saturated carbocycles. The Morgan fingerprint density at radius 2 is 1.96 bits per heavy atom. The summed E-state index contributed by atoms with van der Waals surface area (Å²) in [6, 6.07) is 7.77. The number of anilines is 1. The van der Waals surface area contributed by atoms with Crippen molar-refractivity contribution in [2.24, 2.45) is 10.7 Å². The first-order valence-corrected chi connectivity index (χ1v) is 9.00. The molecule has 0 bridgehead atoms. The predicted octanol–water partition coefficient (Wildman–Crippen LogP) is 2.55. The van der Waals surface area contributed by atoms with E-state index in [1.165, 1.54) is 0 Å². The van der Waals surface area contributed by atoms with Gasteiger partial charge in [0.25, 0.3) is 6.02 Å². The smallest absolute Gasteiger partial charge is 0.283 e. The monoisotopic (exact) mass is 364 g/mol. The van der Waals surface area contributed by atoms with Crippen LogP contribution in [-0.2, 0) is 15.1 Å². The number of rotatable bonds is 1. The molecule has 0 fully saturated rings. The minimum atomic E-state index is -0.784. The number of nitrogens with two attached hydrogens (primary N) is 2. The molecule has 2 aromatic rings. The molecule has 1 spiro atoms. The van der Waals surface area contributed by atoms with Crippen LogP contribution < -0.4 is 16.2 Å². The zero-order chi connectivity index (χ0) is 18.4. The van der Waals surface area contributed by atoms with E-state index in [-0.39, 0.29) is 6.02 Å². The van der Waals surface area contributed by atoms with Gasteiger partial charge in [0.2, 0.25) is 0 Å². The Morgan fingerprint density at radius 3 is 2.78 bits per heavy atom. The van der Waals surface area contributed by atoms with Crippen LogP contribution in [0.15, 0.2) is 41.5 Å². The van der Waals surface area contributed by atoms with E-state index in [2.05, 4.69) is 16.1 Å². The fraction of sp³-hybridized carbons (Fsp3) is 0.300. The maximum absolute atomic E-state index is 6.19. The molecule has 1 atom stereocenters. The van der Waals surface area contributed by atoms with E-state index in [9.17, 15) is 0 Å². The lowest BCUT2D eigenvalue weighted by atomic mass is 9.79. The topological polar surface area (TPSA) is 105 Å². The van der Waals surface area contributed by atoms with E-state index < -0.39 is 5.60 Å². The van der Waals surface area contributed by atoms with Gasteiger partial charge in [0.05, 0.1) is 25.1 Å². The van der Waals surface area contributed by atoms with Crippen molar-refractivity contribution >= 4 is 17.3 Å². The normalized spacial score (nSPS) is 23.4. The summed E-state index contributed by atoms with van der Waals surface area (Å²) in [5.41, 5.74) is 15.7. The fourth-order valence-electron chi connectivity index (χ4n) is 3.96. The van der Waals surface area contributed by atoms with E-state index in [0.29, 0.717) is 43.4 Å². The summed E-state index contributed by atoms with van der Waals surface area (Å²) in [5.74, 6) is 1.37. The summed E-state index contributed by atoms with van der Waals surface area (Å²) in [4.78, 5) is 8.83. The third-order valence-electron chi connectivity index (χ3n) is 5.26. The summed E-state index contributed by atoms with van der Waals surface area (Å²) >= 11 is 0. The Kier molecular flexibility index (Phi) is 3.58. The maximum atomic E-state index is 6.19.